The fourth-order valence-electron chi connectivity index (χ4n) is 1.91. The molecule has 0 aliphatic carbocycles. The van der Waals surface area contributed by atoms with E-state index in [0.717, 1.165) is 43.1 Å². The van der Waals surface area contributed by atoms with Gasteiger partial charge in [0, 0.05) is 12.5 Å². The van der Waals surface area contributed by atoms with E-state index >= 15 is 0 Å². The third kappa shape index (κ3) is 1.93. The van der Waals surface area contributed by atoms with Crippen LogP contribution in [0.25, 0.3) is 0 Å². The Bertz CT molecular complexity index is 371. The summed E-state index contributed by atoms with van der Waals surface area (Å²) in [6, 6.07) is 5.59. The number of ether oxygens (including phenoxy) is 4. The van der Waals surface area contributed by atoms with Gasteiger partial charge in [0.1, 0.15) is 5.75 Å². The summed E-state index contributed by atoms with van der Waals surface area (Å²) in [4.78, 5) is 0. The maximum absolute atomic E-state index is 5.72. The van der Waals surface area contributed by atoms with E-state index in [1.807, 2.05) is 18.2 Å². The van der Waals surface area contributed by atoms with E-state index in [9.17, 15) is 0 Å². The van der Waals surface area contributed by atoms with Gasteiger partial charge < -0.3 is 18.9 Å². The van der Waals surface area contributed by atoms with Crippen LogP contribution >= 0.6 is 0 Å². The SMILES string of the molecule is c1cc2c(cc1OC1CCCCO1)OCO2. The zero-order valence-corrected chi connectivity index (χ0v) is 8.98. The van der Waals surface area contributed by atoms with Crippen LogP contribution in [-0.2, 0) is 4.74 Å². The molecule has 4 nitrogen and oxygen atoms in total. The lowest BCUT2D eigenvalue weighted by molar-refractivity contribution is -0.105. The summed E-state index contributed by atoms with van der Waals surface area (Å²) in [5, 5.41) is 0. The van der Waals surface area contributed by atoms with Crippen LogP contribution in [0, 0.1) is 0 Å². The highest BCUT2D eigenvalue weighted by Crippen LogP contribution is 2.35. The van der Waals surface area contributed by atoms with Crippen molar-refractivity contribution in [1.82, 2.24) is 0 Å². The summed E-state index contributed by atoms with van der Waals surface area (Å²) >= 11 is 0. The monoisotopic (exact) mass is 222 g/mol. The van der Waals surface area contributed by atoms with Crippen molar-refractivity contribution in [3.8, 4) is 17.2 Å². The van der Waals surface area contributed by atoms with Crippen LogP contribution in [0.3, 0.4) is 0 Å². The molecule has 1 aromatic carbocycles. The molecule has 16 heavy (non-hydrogen) atoms. The first-order valence-electron chi connectivity index (χ1n) is 5.60. The first-order chi connectivity index (χ1) is 7.92. The Morgan fingerprint density at radius 2 is 2.06 bits per heavy atom. The van der Waals surface area contributed by atoms with Gasteiger partial charge >= 0.3 is 0 Å². The number of benzene rings is 1. The van der Waals surface area contributed by atoms with Crippen LogP contribution in [0.4, 0.5) is 0 Å². The molecule has 3 rings (SSSR count). The van der Waals surface area contributed by atoms with Gasteiger partial charge in [-0.05, 0) is 25.0 Å². The van der Waals surface area contributed by atoms with Gasteiger partial charge in [0.05, 0.1) is 6.61 Å². The molecule has 1 unspecified atom stereocenters. The second kappa shape index (κ2) is 4.22. The largest absolute Gasteiger partial charge is 0.465 e. The number of fused-ring (bicyclic) bond motifs is 1. The van der Waals surface area contributed by atoms with Crippen molar-refractivity contribution in [2.75, 3.05) is 13.4 Å². The third-order valence-corrected chi connectivity index (χ3v) is 2.75. The lowest BCUT2D eigenvalue weighted by atomic mass is 10.2. The van der Waals surface area contributed by atoms with E-state index in [1.165, 1.54) is 0 Å². The molecule has 1 aromatic rings. The summed E-state index contributed by atoms with van der Waals surface area (Å²) in [6.45, 7) is 1.08. The minimum atomic E-state index is -0.117. The lowest BCUT2D eigenvalue weighted by Crippen LogP contribution is -2.24. The topological polar surface area (TPSA) is 36.9 Å². The second-order valence-electron chi connectivity index (χ2n) is 3.93. The first-order valence-corrected chi connectivity index (χ1v) is 5.60. The van der Waals surface area contributed by atoms with Crippen molar-refractivity contribution < 1.29 is 18.9 Å². The van der Waals surface area contributed by atoms with Gasteiger partial charge in [-0.15, -0.1) is 0 Å². The molecule has 0 radical (unpaired) electrons. The summed E-state index contributed by atoms with van der Waals surface area (Å²) in [7, 11) is 0. The summed E-state index contributed by atoms with van der Waals surface area (Å²) in [6.07, 6.45) is 3.12. The van der Waals surface area contributed by atoms with Crippen LogP contribution in [0.5, 0.6) is 17.2 Å². The van der Waals surface area contributed by atoms with E-state index < -0.39 is 0 Å². The van der Waals surface area contributed by atoms with Gasteiger partial charge in [0.15, 0.2) is 17.8 Å². The lowest BCUT2D eigenvalue weighted by Gasteiger charge is -2.23. The van der Waals surface area contributed by atoms with Gasteiger partial charge in [-0.25, -0.2) is 0 Å². The molecular weight excluding hydrogens is 208 g/mol. The van der Waals surface area contributed by atoms with Crippen molar-refractivity contribution in [2.24, 2.45) is 0 Å². The van der Waals surface area contributed by atoms with Crippen molar-refractivity contribution >= 4 is 0 Å². The van der Waals surface area contributed by atoms with E-state index in [-0.39, 0.29) is 6.29 Å². The van der Waals surface area contributed by atoms with Crippen LogP contribution in [0.15, 0.2) is 18.2 Å². The highest BCUT2D eigenvalue weighted by molar-refractivity contribution is 5.46. The maximum atomic E-state index is 5.72. The Hall–Kier alpha value is -1.42. The predicted molar refractivity (Wildman–Crippen MR) is 56.8 cm³/mol. The van der Waals surface area contributed by atoms with Gasteiger partial charge in [-0.3, -0.25) is 0 Å². The average Bonchev–Trinajstić information content (AvgIpc) is 2.77. The molecule has 0 bridgehead atoms. The second-order valence-corrected chi connectivity index (χ2v) is 3.93. The fourth-order valence-corrected chi connectivity index (χ4v) is 1.91. The van der Waals surface area contributed by atoms with Crippen LogP contribution in [-0.4, -0.2) is 19.7 Å². The molecule has 1 atom stereocenters. The molecule has 0 saturated carbocycles. The smallest absolute Gasteiger partial charge is 0.231 e. The van der Waals surface area contributed by atoms with Gasteiger partial charge in [0.25, 0.3) is 0 Å². The van der Waals surface area contributed by atoms with Gasteiger partial charge in [-0.1, -0.05) is 0 Å². The Morgan fingerprint density at radius 1 is 1.12 bits per heavy atom. The van der Waals surface area contributed by atoms with Crippen molar-refractivity contribution in [3.05, 3.63) is 18.2 Å². The fraction of sp³-hybridized carbons (Fsp3) is 0.500. The summed E-state index contributed by atoms with van der Waals surface area (Å²) in [5.74, 6) is 2.29. The van der Waals surface area contributed by atoms with Gasteiger partial charge in [0.2, 0.25) is 6.79 Å². The molecule has 4 heteroatoms. The molecule has 2 aliphatic heterocycles. The molecule has 1 saturated heterocycles. The normalized spacial score (nSPS) is 23.1. The van der Waals surface area contributed by atoms with E-state index in [2.05, 4.69) is 0 Å². The van der Waals surface area contributed by atoms with E-state index in [4.69, 9.17) is 18.9 Å². The number of hydrogen-bond acceptors (Lipinski definition) is 4. The Kier molecular flexibility index (Phi) is 2.58. The van der Waals surface area contributed by atoms with Gasteiger partial charge in [-0.2, -0.15) is 0 Å². The Morgan fingerprint density at radius 3 is 2.94 bits per heavy atom. The van der Waals surface area contributed by atoms with Crippen LogP contribution in [0.1, 0.15) is 19.3 Å². The van der Waals surface area contributed by atoms with Crippen molar-refractivity contribution in [2.45, 2.75) is 25.6 Å². The molecule has 0 spiro atoms. The Balaban J connectivity index is 1.69. The molecule has 86 valence electrons. The molecule has 0 N–H and O–H groups in total. The third-order valence-electron chi connectivity index (χ3n) is 2.75. The molecular formula is C12H14O4. The molecule has 2 aliphatic rings. The van der Waals surface area contributed by atoms with E-state index in [0.29, 0.717) is 6.79 Å². The first kappa shape index (κ1) is 9.78. The minimum Gasteiger partial charge on any atom is -0.465 e. The van der Waals surface area contributed by atoms with Crippen molar-refractivity contribution in [1.29, 1.82) is 0 Å². The maximum Gasteiger partial charge on any atom is 0.231 e. The Labute approximate surface area is 94.1 Å². The standard InChI is InChI=1S/C12H14O4/c1-2-6-13-12(3-1)16-9-4-5-10-11(7-9)15-8-14-10/h4-5,7,12H,1-3,6,8H2. The van der Waals surface area contributed by atoms with Crippen LogP contribution in [0.2, 0.25) is 0 Å². The predicted octanol–water partition coefficient (Wildman–Crippen LogP) is 2.32. The average molecular weight is 222 g/mol. The highest BCUT2D eigenvalue weighted by Gasteiger charge is 2.18. The number of rotatable bonds is 2. The van der Waals surface area contributed by atoms with Crippen molar-refractivity contribution in [3.63, 3.8) is 0 Å². The van der Waals surface area contributed by atoms with Crippen LogP contribution < -0.4 is 14.2 Å². The minimum absolute atomic E-state index is 0.117. The zero-order chi connectivity index (χ0) is 10.8. The molecule has 1 fully saturated rings. The highest BCUT2D eigenvalue weighted by atomic mass is 16.7. The van der Waals surface area contributed by atoms with E-state index in [1.54, 1.807) is 0 Å². The molecule has 0 amide bonds. The summed E-state index contributed by atoms with van der Waals surface area (Å²) < 4.78 is 21.7. The molecule has 2 heterocycles. The summed E-state index contributed by atoms with van der Waals surface area (Å²) in [5.41, 5.74) is 0. The quantitative estimate of drug-likeness (QED) is 0.769. The number of hydrogen-bond donors (Lipinski definition) is 0. The zero-order valence-electron chi connectivity index (χ0n) is 8.98. The molecule has 0 aromatic heterocycles.